The van der Waals surface area contributed by atoms with Gasteiger partial charge in [-0.15, -0.1) is 0 Å². The minimum absolute atomic E-state index is 0.0928. The Morgan fingerprint density at radius 3 is 2.39 bits per heavy atom. The number of morpholine rings is 1. The van der Waals surface area contributed by atoms with Gasteiger partial charge < -0.3 is 24.3 Å². The molecule has 1 N–H and O–H groups in total. The third-order valence-corrected chi connectivity index (χ3v) is 7.23. The highest BCUT2D eigenvalue weighted by Gasteiger charge is 2.15. The Morgan fingerprint density at radius 2 is 1.58 bits per heavy atom. The lowest BCUT2D eigenvalue weighted by atomic mass is 10.1. The molecule has 2 saturated heterocycles. The maximum atomic E-state index is 13.7. The summed E-state index contributed by atoms with van der Waals surface area (Å²) in [5.41, 5.74) is 1.84. The fourth-order valence-corrected chi connectivity index (χ4v) is 5.16. The molecular weight excluding hydrogens is 452 g/mol. The van der Waals surface area contributed by atoms with Crippen molar-refractivity contribution in [3.05, 3.63) is 70.5 Å². The quantitative estimate of drug-likeness (QED) is 0.438. The first-order valence-electron chi connectivity index (χ1n) is 13.4. The second-order valence-electron chi connectivity index (χ2n) is 9.80. The number of pyridine rings is 1. The van der Waals surface area contributed by atoms with Crippen molar-refractivity contribution in [3.63, 3.8) is 0 Å². The number of ether oxygens (including phenoxy) is 2. The molecular formula is C29H38N4O3. The van der Waals surface area contributed by atoms with Crippen molar-refractivity contribution in [1.82, 2.24) is 19.7 Å². The molecule has 0 bridgehead atoms. The number of benzene rings is 2. The monoisotopic (exact) mass is 490 g/mol. The summed E-state index contributed by atoms with van der Waals surface area (Å²) in [6.07, 6.45) is 3.81. The van der Waals surface area contributed by atoms with Crippen LogP contribution in [-0.4, -0.2) is 73.4 Å². The van der Waals surface area contributed by atoms with Gasteiger partial charge in [0.25, 0.3) is 5.56 Å². The van der Waals surface area contributed by atoms with Crippen LogP contribution in [0.3, 0.4) is 0 Å². The molecule has 0 aliphatic carbocycles. The predicted molar refractivity (Wildman–Crippen MR) is 144 cm³/mol. The molecule has 1 aromatic heterocycles. The lowest BCUT2D eigenvalue weighted by Gasteiger charge is -2.27. The summed E-state index contributed by atoms with van der Waals surface area (Å²) in [5.74, 6) is 1.54. The molecule has 2 aliphatic heterocycles. The summed E-state index contributed by atoms with van der Waals surface area (Å²) in [6.45, 7) is 9.81. The van der Waals surface area contributed by atoms with E-state index in [0.717, 1.165) is 87.0 Å². The van der Waals surface area contributed by atoms with Gasteiger partial charge in [-0.1, -0.05) is 24.6 Å². The number of aromatic nitrogens is 1. The van der Waals surface area contributed by atoms with E-state index in [9.17, 15) is 4.79 Å². The molecule has 0 amide bonds. The van der Waals surface area contributed by atoms with Crippen molar-refractivity contribution in [1.29, 1.82) is 0 Å². The molecule has 7 heteroatoms. The smallest absolute Gasteiger partial charge is 0.255 e. The van der Waals surface area contributed by atoms with E-state index in [1.54, 1.807) is 0 Å². The second kappa shape index (κ2) is 12.5. The molecule has 0 spiro atoms. The van der Waals surface area contributed by atoms with Crippen LogP contribution >= 0.6 is 0 Å². The maximum Gasteiger partial charge on any atom is 0.255 e. The van der Waals surface area contributed by atoms with Crippen LogP contribution in [0.15, 0.2) is 59.4 Å². The summed E-state index contributed by atoms with van der Waals surface area (Å²) in [6, 6.07) is 17.9. The number of hydrogen-bond donors (Lipinski definition) is 1. The van der Waals surface area contributed by atoms with Crippen molar-refractivity contribution < 1.29 is 9.47 Å². The van der Waals surface area contributed by atoms with Crippen molar-refractivity contribution in [2.75, 3.05) is 59.0 Å². The van der Waals surface area contributed by atoms with E-state index in [4.69, 9.17) is 9.47 Å². The average Bonchev–Trinajstić information content (AvgIpc) is 2.93. The fraction of sp³-hybridized carbons (Fsp3) is 0.483. The standard InChI is InChI=1S/C29H38N4O3/c34-29-25(23-30-11-14-32-17-19-35-20-18-32)21-24-9-10-27(36-26-7-3-1-4-8-26)22-28(24)33(29)16-15-31-12-5-2-6-13-31/h1,3-4,7-10,21-22,30H,2,5-6,11-20,23H2. The third-order valence-electron chi connectivity index (χ3n) is 7.23. The second-order valence-corrected chi connectivity index (χ2v) is 9.80. The Hall–Kier alpha value is -2.71. The van der Waals surface area contributed by atoms with Crippen LogP contribution in [0.1, 0.15) is 24.8 Å². The largest absolute Gasteiger partial charge is 0.457 e. The van der Waals surface area contributed by atoms with Crippen molar-refractivity contribution in [2.24, 2.45) is 0 Å². The summed E-state index contributed by atoms with van der Waals surface area (Å²) >= 11 is 0. The topological polar surface area (TPSA) is 59.0 Å². The molecule has 2 aromatic carbocycles. The van der Waals surface area contributed by atoms with E-state index in [1.807, 2.05) is 53.1 Å². The van der Waals surface area contributed by atoms with Crippen LogP contribution < -0.4 is 15.6 Å². The van der Waals surface area contributed by atoms with E-state index in [1.165, 1.54) is 19.3 Å². The Bertz CT molecular complexity index is 1170. The van der Waals surface area contributed by atoms with E-state index in [2.05, 4.69) is 21.2 Å². The first kappa shape index (κ1) is 25.0. The Kier molecular flexibility index (Phi) is 8.67. The minimum Gasteiger partial charge on any atom is -0.457 e. The molecule has 5 rings (SSSR count). The first-order valence-corrected chi connectivity index (χ1v) is 13.4. The molecule has 7 nitrogen and oxygen atoms in total. The normalized spacial score (nSPS) is 17.4. The molecule has 2 fully saturated rings. The molecule has 0 radical (unpaired) electrons. The number of piperidine rings is 1. The lowest BCUT2D eigenvalue weighted by Crippen LogP contribution is -2.40. The van der Waals surface area contributed by atoms with Gasteiger partial charge in [0.05, 0.1) is 18.7 Å². The summed E-state index contributed by atoms with van der Waals surface area (Å²) in [4.78, 5) is 18.5. The van der Waals surface area contributed by atoms with Crippen LogP contribution in [0, 0.1) is 0 Å². The number of fused-ring (bicyclic) bond motifs is 1. The maximum absolute atomic E-state index is 13.7. The predicted octanol–water partition coefficient (Wildman–Crippen LogP) is 3.70. The molecule has 0 saturated carbocycles. The zero-order chi connectivity index (χ0) is 24.6. The Balaban J connectivity index is 1.35. The zero-order valence-electron chi connectivity index (χ0n) is 21.2. The summed E-state index contributed by atoms with van der Waals surface area (Å²) < 4.78 is 13.5. The number of hydrogen-bond acceptors (Lipinski definition) is 6. The Labute approximate surface area is 213 Å². The molecule has 3 aromatic rings. The van der Waals surface area contributed by atoms with Gasteiger partial charge in [-0.25, -0.2) is 0 Å². The van der Waals surface area contributed by atoms with E-state index in [-0.39, 0.29) is 5.56 Å². The van der Waals surface area contributed by atoms with Gasteiger partial charge in [0.15, 0.2) is 0 Å². The van der Waals surface area contributed by atoms with Gasteiger partial charge in [-0.05, 0) is 61.6 Å². The van der Waals surface area contributed by atoms with Gasteiger partial charge in [0, 0.05) is 57.4 Å². The van der Waals surface area contributed by atoms with Crippen LogP contribution in [-0.2, 0) is 17.8 Å². The molecule has 0 unspecified atom stereocenters. The third kappa shape index (κ3) is 6.53. The summed E-state index contributed by atoms with van der Waals surface area (Å²) in [5, 5.41) is 4.57. The number of para-hydroxylation sites is 1. The molecule has 36 heavy (non-hydrogen) atoms. The number of likely N-dealkylation sites (tertiary alicyclic amines) is 1. The van der Waals surface area contributed by atoms with Crippen LogP contribution in [0.25, 0.3) is 10.9 Å². The van der Waals surface area contributed by atoms with Crippen molar-refractivity contribution >= 4 is 10.9 Å². The van der Waals surface area contributed by atoms with Gasteiger partial charge in [-0.2, -0.15) is 0 Å². The van der Waals surface area contributed by atoms with E-state index >= 15 is 0 Å². The molecule has 3 heterocycles. The zero-order valence-corrected chi connectivity index (χ0v) is 21.2. The Morgan fingerprint density at radius 1 is 0.806 bits per heavy atom. The highest BCUT2D eigenvalue weighted by Crippen LogP contribution is 2.25. The van der Waals surface area contributed by atoms with E-state index in [0.29, 0.717) is 13.1 Å². The number of rotatable bonds is 10. The molecule has 192 valence electrons. The van der Waals surface area contributed by atoms with Crippen LogP contribution in [0.2, 0.25) is 0 Å². The number of nitrogens with one attached hydrogen (secondary N) is 1. The van der Waals surface area contributed by atoms with Crippen molar-refractivity contribution in [2.45, 2.75) is 32.4 Å². The SMILES string of the molecule is O=c1c(CNCCN2CCOCC2)cc2ccc(Oc3ccccc3)cc2n1CCN1CCCCC1. The average molecular weight is 491 g/mol. The highest BCUT2D eigenvalue weighted by atomic mass is 16.5. The highest BCUT2D eigenvalue weighted by molar-refractivity contribution is 5.81. The molecule has 2 aliphatic rings. The first-order chi connectivity index (χ1) is 17.8. The van der Waals surface area contributed by atoms with Gasteiger partial charge in [0.1, 0.15) is 11.5 Å². The van der Waals surface area contributed by atoms with Gasteiger partial charge in [0.2, 0.25) is 0 Å². The minimum atomic E-state index is 0.0928. The lowest BCUT2D eigenvalue weighted by molar-refractivity contribution is 0.0384. The van der Waals surface area contributed by atoms with Crippen LogP contribution in [0.4, 0.5) is 0 Å². The van der Waals surface area contributed by atoms with E-state index < -0.39 is 0 Å². The van der Waals surface area contributed by atoms with Crippen molar-refractivity contribution in [3.8, 4) is 11.5 Å². The van der Waals surface area contributed by atoms with Crippen LogP contribution in [0.5, 0.6) is 11.5 Å². The molecule has 0 atom stereocenters. The summed E-state index contributed by atoms with van der Waals surface area (Å²) in [7, 11) is 0. The fourth-order valence-electron chi connectivity index (χ4n) is 5.16. The number of nitrogens with zero attached hydrogens (tertiary/aromatic N) is 3. The van der Waals surface area contributed by atoms with Gasteiger partial charge >= 0.3 is 0 Å². The van der Waals surface area contributed by atoms with Gasteiger partial charge in [-0.3, -0.25) is 9.69 Å².